The summed E-state index contributed by atoms with van der Waals surface area (Å²) < 4.78 is 0. The molecule has 4 rings (SSSR count). The predicted octanol–water partition coefficient (Wildman–Crippen LogP) is 2.35. The Hall–Kier alpha value is -0.0800. The van der Waals surface area contributed by atoms with Crippen LogP contribution in [0.5, 0.6) is 0 Å². The van der Waals surface area contributed by atoms with E-state index in [4.69, 9.17) is 0 Å². The smallest absolute Gasteiger partial charge is 0.0136 e. The summed E-state index contributed by atoms with van der Waals surface area (Å²) in [5, 5.41) is 0. The van der Waals surface area contributed by atoms with Crippen LogP contribution < -0.4 is 0 Å². The topological polar surface area (TPSA) is 6.48 Å². The lowest BCUT2D eigenvalue weighted by Crippen LogP contribution is -2.63. The molecule has 4 aliphatic rings. The molecule has 2 bridgehead atoms. The van der Waals surface area contributed by atoms with Gasteiger partial charge in [-0.25, -0.2) is 0 Å². The Morgan fingerprint density at radius 2 is 1.18 bits per heavy atom. The Kier molecular flexibility index (Phi) is 2.69. The van der Waals surface area contributed by atoms with Crippen molar-refractivity contribution in [3.05, 3.63) is 0 Å². The highest BCUT2D eigenvalue weighted by atomic mass is 15.3. The summed E-state index contributed by atoms with van der Waals surface area (Å²) >= 11 is 0. The first-order valence-electron chi connectivity index (χ1n) is 7.90. The minimum atomic E-state index is 0.961. The predicted molar refractivity (Wildman–Crippen MR) is 70.0 cm³/mol. The zero-order valence-corrected chi connectivity index (χ0v) is 11.0. The quantitative estimate of drug-likeness (QED) is 0.635. The minimum Gasteiger partial charge on any atom is -0.300 e. The molecule has 0 N–H and O–H groups in total. The summed E-state index contributed by atoms with van der Waals surface area (Å²) in [6.07, 6.45) is 10.5. The molecule has 2 heteroatoms. The van der Waals surface area contributed by atoms with Crippen LogP contribution in [0.1, 0.15) is 44.9 Å². The molecule has 4 saturated heterocycles. The Labute approximate surface area is 105 Å². The van der Waals surface area contributed by atoms with Gasteiger partial charge in [-0.2, -0.15) is 0 Å². The molecule has 0 unspecified atom stereocenters. The van der Waals surface area contributed by atoms with Crippen molar-refractivity contribution in [2.75, 3.05) is 26.2 Å². The number of hydrogen-bond acceptors (Lipinski definition) is 2. The van der Waals surface area contributed by atoms with E-state index in [0.717, 1.165) is 23.9 Å². The van der Waals surface area contributed by atoms with E-state index in [1.165, 1.54) is 64.7 Å². The number of fused-ring (bicyclic) bond motifs is 6. The van der Waals surface area contributed by atoms with Gasteiger partial charge in [0, 0.05) is 25.2 Å². The van der Waals surface area contributed by atoms with Gasteiger partial charge >= 0.3 is 0 Å². The van der Waals surface area contributed by atoms with Crippen LogP contribution in [-0.4, -0.2) is 48.1 Å². The van der Waals surface area contributed by atoms with Gasteiger partial charge in [-0.3, -0.25) is 9.80 Å². The van der Waals surface area contributed by atoms with Gasteiger partial charge in [0.1, 0.15) is 0 Å². The summed E-state index contributed by atoms with van der Waals surface area (Å²) in [5.41, 5.74) is 0. The normalized spacial score (nSPS) is 47.3. The van der Waals surface area contributed by atoms with Gasteiger partial charge in [0.15, 0.2) is 0 Å². The van der Waals surface area contributed by atoms with E-state index in [1.54, 1.807) is 6.42 Å². The molecule has 96 valence electrons. The number of nitrogens with zero attached hydrogens (tertiary/aromatic N) is 2. The lowest BCUT2D eigenvalue weighted by Gasteiger charge is -2.57. The second kappa shape index (κ2) is 4.24. The van der Waals surface area contributed by atoms with E-state index in [0.29, 0.717) is 0 Å². The standard InChI is InChI=1S/C15H26N2/c1-3-7-16-11-13-9-12(14(16)5-1)10-17-8-4-2-6-15(13)17/h12-15H,1-11H2/t12-,13-,14+,15+/m1/s1. The average molecular weight is 234 g/mol. The molecule has 0 aliphatic carbocycles. The largest absolute Gasteiger partial charge is 0.300 e. The second-order valence-corrected chi connectivity index (χ2v) is 6.87. The van der Waals surface area contributed by atoms with Crippen molar-refractivity contribution in [3.8, 4) is 0 Å². The maximum atomic E-state index is 2.87. The zero-order valence-electron chi connectivity index (χ0n) is 11.0. The fourth-order valence-corrected chi connectivity index (χ4v) is 5.25. The first kappa shape index (κ1) is 10.8. The molecule has 4 fully saturated rings. The number of rotatable bonds is 0. The summed E-state index contributed by atoms with van der Waals surface area (Å²) in [7, 11) is 0. The van der Waals surface area contributed by atoms with Crippen molar-refractivity contribution in [1.82, 2.24) is 9.80 Å². The first-order valence-corrected chi connectivity index (χ1v) is 7.90. The minimum absolute atomic E-state index is 0.961. The molecule has 17 heavy (non-hydrogen) atoms. The van der Waals surface area contributed by atoms with Gasteiger partial charge in [0.25, 0.3) is 0 Å². The molecular formula is C15H26N2. The van der Waals surface area contributed by atoms with Gasteiger partial charge < -0.3 is 0 Å². The molecule has 0 spiro atoms. The third kappa shape index (κ3) is 1.76. The van der Waals surface area contributed by atoms with E-state index in [-0.39, 0.29) is 0 Å². The molecule has 0 radical (unpaired) electrons. The van der Waals surface area contributed by atoms with Crippen molar-refractivity contribution >= 4 is 0 Å². The van der Waals surface area contributed by atoms with Crippen molar-refractivity contribution < 1.29 is 0 Å². The summed E-state index contributed by atoms with van der Waals surface area (Å²) in [5.74, 6) is 2.03. The third-order valence-corrected chi connectivity index (χ3v) is 5.96. The van der Waals surface area contributed by atoms with Crippen LogP contribution >= 0.6 is 0 Å². The van der Waals surface area contributed by atoms with Gasteiger partial charge in [-0.05, 0) is 57.0 Å². The van der Waals surface area contributed by atoms with Crippen LogP contribution in [0.15, 0.2) is 0 Å². The molecule has 2 nitrogen and oxygen atoms in total. The maximum Gasteiger partial charge on any atom is 0.0136 e. The lowest BCUT2D eigenvalue weighted by atomic mass is 9.71. The maximum absolute atomic E-state index is 2.87. The van der Waals surface area contributed by atoms with Gasteiger partial charge in [-0.15, -0.1) is 0 Å². The van der Waals surface area contributed by atoms with Crippen LogP contribution in [0.2, 0.25) is 0 Å². The monoisotopic (exact) mass is 234 g/mol. The van der Waals surface area contributed by atoms with E-state index >= 15 is 0 Å². The van der Waals surface area contributed by atoms with Crippen LogP contribution in [0.4, 0.5) is 0 Å². The average Bonchev–Trinajstić information content (AvgIpc) is 2.39. The lowest BCUT2D eigenvalue weighted by molar-refractivity contribution is -0.0718. The molecular weight excluding hydrogens is 208 g/mol. The molecule has 0 aromatic carbocycles. The van der Waals surface area contributed by atoms with E-state index in [2.05, 4.69) is 9.80 Å². The van der Waals surface area contributed by atoms with Gasteiger partial charge in [-0.1, -0.05) is 12.8 Å². The highest BCUT2D eigenvalue weighted by Gasteiger charge is 2.46. The molecule has 0 saturated carbocycles. The Morgan fingerprint density at radius 3 is 1.71 bits per heavy atom. The van der Waals surface area contributed by atoms with E-state index in [1.807, 2.05) is 0 Å². The second-order valence-electron chi connectivity index (χ2n) is 6.87. The fraction of sp³-hybridized carbons (Fsp3) is 1.00. The Bertz CT molecular complexity index is 263. The Morgan fingerprint density at radius 1 is 0.647 bits per heavy atom. The number of hydrogen-bond donors (Lipinski definition) is 0. The molecule has 4 aliphatic heterocycles. The Balaban J connectivity index is 1.56. The van der Waals surface area contributed by atoms with Gasteiger partial charge in [0.2, 0.25) is 0 Å². The third-order valence-electron chi connectivity index (χ3n) is 5.96. The van der Waals surface area contributed by atoms with Gasteiger partial charge in [0.05, 0.1) is 0 Å². The van der Waals surface area contributed by atoms with Crippen molar-refractivity contribution in [3.63, 3.8) is 0 Å². The number of piperidine rings is 4. The van der Waals surface area contributed by atoms with Crippen molar-refractivity contribution in [2.24, 2.45) is 11.8 Å². The molecule has 4 atom stereocenters. The van der Waals surface area contributed by atoms with Crippen LogP contribution in [0.3, 0.4) is 0 Å². The van der Waals surface area contributed by atoms with Crippen molar-refractivity contribution in [1.29, 1.82) is 0 Å². The van der Waals surface area contributed by atoms with Crippen LogP contribution in [0.25, 0.3) is 0 Å². The van der Waals surface area contributed by atoms with E-state index in [9.17, 15) is 0 Å². The molecule has 4 heterocycles. The molecule has 0 aromatic heterocycles. The fourth-order valence-electron chi connectivity index (χ4n) is 5.25. The first-order chi connectivity index (χ1) is 8.42. The summed E-state index contributed by atoms with van der Waals surface area (Å²) in [6.45, 7) is 5.68. The zero-order chi connectivity index (χ0) is 11.2. The summed E-state index contributed by atoms with van der Waals surface area (Å²) in [6, 6.07) is 1.92. The molecule has 0 amide bonds. The highest BCUT2D eigenvalue weighted by molar-refractivity contribution is 5.00. The van der Waals surface area contributed by atoms with E-state index < -0.39 is 0 Å². The van der Waals surface area contributed by atoms with Crippen LogP contribution in [-0.2, 0) is 0 Å². The summed E-state index contributed by atoms with van der Waals surface area (Å²) in [4.78, 5) is 5.74. The van der Waals surface area contributed by atoms with Crippen LogP contribution in [0, 0.1) is 11.8 Å². The van der Waals surface area contributed by atoms with Crippen molar-refractivity contribution in [2.45, 2.75) is 57.0 Å². The molecule has 0 aromatic rings. The highest BCUT2D eigenvalue weighted by Crippen LogP contribution is 2.42. The SMILES string of the molecule is C1CCN2C[C@H]3C[C@H](CN4CCCC[C@@H]34)[C@@H]2C1.